The largest absolute Gasteiger partial charge is 0.367 e. The van der Waals surface area contributed by atoms with Crippen LogP contribution < -0.4 is 5.32 Å². The number of nitrogens with one attached hydrogen (secondary N) is 1. The maximum atomic E-state index is 12.1. The zero-order valence-electron chi connectivity index (χ0n) is 14.6. The number of hydrogen-bond acceptors (Lipinski definition) is 5. The highest BCUT2D eigenvalue weighted by Crippen LogP contribution is 2.18. The first kappa shape index (κ1) is 17.4. The number of hydrogen-bond donors (Lipinski definition) is 1. The lowest BCUT2D eigenvalue weighted by atomic mass is 10.1. The standard InChI is InChI=1S/C18H24N4O3/c1-13(2)19-18(23)22-10-6-9-15(11-22)24-12-16-20-17(21-25-16)14-7-4-3-5-8-14/h3-5,7-8,13,15H,6,9-12H2,1-2H3,(H,19,23). The molecule has 3 rings (SSSR count). The third kappa shape index (κ3) is 4.79. The highest BCUT2D eigenvalue weighted by molar-refractivity contribution is 5.74. The maximum absolute atomic E-state index is 12.1. The molecule has 0 aliphatic carbocycles. The van der Waals surface area contributed by atoms with E-state index in [0.717, 1.165) is 24.9 Å². The molecule has 134 valence electrons. The quantitative estimate of drug-likeness (QED) is 0.902. The lowest BCUT2D eigenvalue weighted by Gasteiger charge is -2.32. The van der Waals surface area contributed by atoms with Gasteiger partial charge in [-0.05, 0) is 26.7 Å². The fourth-order valence-corrected chi connectivity index (χ4v) is 2.80. The van der Waals surface area contributed by atoms with E-state index in [0.29, 0.717) is 18.3 Å². The van der Waals surface area contributed by atoms with Crippen LogP contribution in [0.15, 0.2) is 34.9 Å². The second kappa shape index (κ2) is 8.11. The Balaban J connectivity index is 1.52. The molecule has 1 aliphatic heterocycles. The molecular weight excluding hydrogens is 320 g/mol. The molecule has 0 radical (unpaired) electrons. The van der Waals surface area contributed by atoms with Gasteiger partial charge in [-0.2, -0.15) is 4.98 Å². The van der Waals surface area contributed by atoms with E-state index in [1.54, 1.807) is 4.90 Å². The second-order valence-corrected chi connectivity index (χ2v) is 6.50. The summed E-state index contributed by atoms with van der Waals surface area (Å²) in [6, 6.07) is 9.76. The van der Waals surface area contributed by atoms with Crippen molar-refractivity contribution in [2.24, 2.45) is 0 Å². The summed E-state index contributed by atoms with van der Waals surface area (Å²) in [5.41, 5.74) is 0.909. The summed E-state index contributed by atoms with van der Waals surface area (Å²) in [4.78, 5) is 18.3. The van der Waals surface area contributed by atoms with E-state index in [1.807, 2.05) is 44.2 Å². The average molecular weight is 344 g/mol. The number of benzene rings is 1. The predicted octanol–water partition coefficient (Wildman–Crippen LogP) is 2.84. The smallest absolute Gasteiger partial charge is 0.317 e. The molecule has 1 fully saturated rings. The summed E-state index contributed by atoms with van der Waals surface area (Å²) in [7, 11) is 0. The fraction of sp³-hybridized carbons (Fsp3) is 0.500. The molecular formula is C18H24N4O3. The Hall–Kier alpha value is -2.41. The van der Waals surface area contributed by atoms with Gasteiger partial charge in [-0.15, -0.1) is 0 Å². The van der Waals surface area contributed by atoms with Crippen molar-refractivity contribution in [3.63, 3.8) is 0 Å². The van der Waals surface area contributed by atoms with Gasteiger partial charge in [-0.1, -0.05) is 35.5 Å². The van der Waals surface area contributed by atoms with E-state index in [1.165, 1.54) is 0 Å². The minimum Gasteiger partial charge on any atom is -0.367 e. The minimum absolute atomic E-state index is 0.0151. The second-order valence-electron chi connectivity index (χ2n) is 6.50. The van der Waals surface area contributed by atoms with Gasteiger partial charge >= 0.3 is 6.03 Å². The molecule has 7 heteroatoms. The lowest BCUT2D eigenvalue weighted by Crippen LogP contribution is -2.49. The molecule has 0 saturated carbocycles. The van der Waals surface area contributed by atoms with Gasteiger partial charge in [0.25, 0.3) is 5.89 Å². The Morgan fingerprint density at radius 1 is 1.40 bits per heavy atom. The first-order valence-corrected chi connectivity index (χ1v) is 8.67. The first-order chi connectivity index (χ1) is 12.1. The van der Waals surface area contributed by atoms with Crippen LogP contribution in [0.25, 0.3) is 11.4 Å². The van der Waals surface area contributed by atoms with Crippen molar-refractivity contribution >= 4 is 6.03 Å². The van der Waals surface area contributed by atoms with Crippen LogP contribution in [0.1, 0.15) is 32.6 Å². The van der Waals surface area contributed by atoms with Crippen molar-refractivity contribution in [2.75, 3.05) is 13.1 Å². The van der Waals surface area contributed by atoms with Gasteiger partial charge < -0.3 is 19.5 Å². The van der Waals surface area contributed by atoms with Crippen LogP contribution in [0.5, 0.6) is 0 Å². The number of carbonyl (C=O) groups is 1. The zero-order valence-corrected chi connectivity index (χ0v) is 14.6. The molecule has 1 atom stereocenters. The number of urea groups is 1. The molecule has 25 heavy (non-hydrogen) atoms. The van der Waals surface area contributed by atoms with Crippen LogP contribution in [0.2, 0.25) is 0 Å². The van der Waals surface area contributed by atoms with E-state index in [-0.39, 0.29) is 24.8 Å². The van der Waals surface area contributed by atoms with Crippen LogP contribution in [-0.2, 0) is 11.3 Å². The molecule has 1 N–H and O–H groups in total. The zero-order chi connectivity index (χ0) is 17.6. The van der Waals surface area contributed by atoms with Gasteiger partial charge in [-0.25, -0.2) is 4.79 Å². The molecule has 0 spiro atoms. The van der Waals surface area contributed by atoms with Crippen molar-refractivity contribution in [3.8, 4) is 11.4 Å². The minimum atomic E-state index is -0.0348. The van der Waals surface area contributed by atoms with E-state index < -0.39 is 0 Å². The number of likely N-dealkylation sites (tertiary alicyclic amines) is 1. The van der Waals surface area contributed by atoms with E-state index >= 15 is 0 Å². The maximum Gasteiger partial charge on any atom is 0.317 e. The first-order valence-electron chi connectivity index (χ1n) is 8.67. The van der Waals surface area contributed by atoms with Gasteiger partial charge in [0.15, 0.2) is 0 Å². The van der Waals surface area contributed by atoms with E-state index in [4.69, 9.17) is 9.26 Å². The van der Waals surface area contributed by atoms with Crippen LogP contribution in [-0.4, -0.2) is 46.3 Å². The molecule has 2 aromatic rings. The SMILES string of the molecule is CC(C)NC(=O)N1CCCC(OCc2nc(-c3ccccc3)no2)C1. The van der Waals surface area contributed by atoms with Crippen molar-refractivity contribution in [1.29, 1.82) is 0 Å². The summed E-state index contributed by atoms with van der Waals surface area (Å²) in [6.45, 7) is 5.50. The monoisotopic (exact) mass is 344 g/mol. The summed E-state index contributed by atoms with van der Waals surface area (Å²) in [6.07, 6.45) is 1.83. The van der Waals surface area contributed by atoms with Crippen molar-refractivity contribution < 1.29 is 14.1 Å². The normalized spacial score (nSPS) is 17.7. The molecule has 1 aromatic carbocycles. The highest BCUT2D eigenvalue weighted by Gasteiger charge is 2.25. The molecule has 7 nitrogen and oxygen atoms in total. The van der Waals surface area contributed by atoms with Crippen molar-refractivity contribution in [1.82, 2.24) is 20.4 Å². The Kier molecular flexibility index (Phi) is 5.65. The van der Waals surface area contributed by atoms with E-state index in [9.17, 15) is 4.79 Å². The number of piperidine rings is 1. The van der Waals surface area contributed by atoms with E-state index in [2.05, 4.69) is 15.5 Å². The molecule has 1 aromatic heterocycles. The molecule has 2 heterocycles. The molecule has 2 amide bonds. The molecule has 1 aliphatic rings. The van der Waals surface area contributed by atoms with Crippen LogP contribution in [0.3, 0.4) is 0 Å². The average Bonchev–Trinajstić information content (AvgIpc) is 3.09. The summed E-state index contributed by atoms with van der Waals surface area (Å²) in [5.74, 6) is 1.00. The summed E-state index contributed by atoms with van der Waals surface area (Å²) >= 11 is 0. The van der Waals surface area contributed by atoms with Gasteiger partial charge in [0, 0.05) is 24.7 Å². The van der Waals surface area contributed by atoms with Crippen LogP contribution >= 0.6 is 0 Å². The third-order valence-electron chi connectivity index (χ3n) is 4.02. The number of ether oxygens (including phenoxy) is 1. The third-order valence-corrected chi connectivity index (χ3v) is 4.02. The van der Waals surface area contributed by atoms with Gasteiger partial charge in [0.2, 0.25) is 5.82 Å². The van der Waals surface area contributed by atoms with Gasteiger partial charge in [0.1, 0.15) is 6.61 Å². The van der Waals surface area contributed by atoms with Crippen molar-refractivity contribution in [3.05, 3.63) is 36.2 Å². The Morgan fingerprint density at radius 3 is 2.96 bits per heavy atom. The number of nitrogens with zero attached hydrogens (tertiary/aromatic N) is 3. The Bertz CT molecular complexity index is 687. The summed E-state index contributed by atoms with van der Waals surface area (Å²) < 4.78 is 11.1. The highest BCUT2D eigenvalue weighted by atomic mass is 16.5. The number of carbonyl (C=O) groups excluding carboxylic acids is 1. The molecule has 1 saturated heterocycles. The lowest BCUT2D eigenvalue weighted by molar-refractivity contribution is -0.0105. The Labute approximate surface area is 147 Å². The number of amides is 2. The van der Waals surface area contributed by atoms with Gasteiger partial charge in [-0.3, -0.25) is 0 Å². The summed E-state index contributed by atoms with van der Waals surface area (Å²) in [5, 5.41) is 6.90. The number of aromatic nitrogens is 2. The number of rotatable bonds is 5. The van der Waals surface area contributed by atoms with Crippen LogP contribution in [0.4, 0.5) is 4.79 Å². The molecule has 0 bridgehead atoms. The fourth-order valence-electron chi connectivity index (χ4n) is 2.80. The van der Waals surface area contributed by atoms with Crippen LogP contribution in [0, 0.1) is 0 Å². The van der Waals surface area contributed by atoms with Gasteiger partial charge in [0.05, 0.1) is 6.10 Å². The van der Waals surface area contributed by atoms with Crippen molar-refractivity contribution in [2.45, 2.75) is 45.4 Å². The Morgan fingerprint density at radius 2 is 2.20 bits per heavy atom. The topological polar surface area (TPSA) is 80.5 Å². The molecule has 1 unspecified atom stereocenters. The predicted molar refractivity (Wildman–Crippen MR) is 92.8 cm³/mol.